The standard InChI is InChI=1S/C53H37N3/c1-53(2)45-21-11-8-20-43(45)50-44(32-38-16-6-7-17-40(38)51(50)53)34-24-26-37(27-25-34)52-54-46(35-14-4-3-5-15-35)33-47(55-52)36-28-30-39(31-29-36)56-48-22-12-9-18-41(48)42-19-10-13-23-49(42)56/h3-33H,1-2H3. The van der Waals surface area contributed by atoms with E-state index in [1.54, 1.807) is 0 Å². The maximum Gasteiger partial charge on any atom is 0.160 e. The average molecular weight is 716 g/mol. The molecule has 56 heavy (non-hydrogen) atoms. The van der Waals surface area contributed by atoms with Crippen molar-refractivity contribution in [3.63, 3.8) is 0 Å². The van der Waals surface area contributed by atoms with Crippen molar-refractivity contribution in [2.45, 2.75) is 19.3 Å². The molecule has 0 radical (unpaired) electrons. The molecule has 0 saturated heterocycles. The summed E-state index contributed by atoms with van der Waals surface area (Å²) in [6.45, 7) is 4.73. The van der Waals surface area contributed by atoms with E-state index >= 15 is 0 Å². The second kappa shape index (κ2) is 12.5. The largest absolute Gasteiger partial charge is 0.309 e. The van der Waals surface area contributed by atoms with Crippen LogP contribution in [-0.4, -0.2) is 14.5 Å². The van der Waals surface area contributed by atoms with Crippen molar-refractivity contribution in [3.05, 3.63) is 199 Å². The minimum Gasteiger partial charge on any atom is -0.309 e. The first-order chi connectivity index (χ1) is 27.5. The zero-order chi connectivity index (χ0) is 37.4. The molecule has 0 atom stereocenters. The Kier molecular flexibility index (Phi) is 7.20. The molecule has 2 heterocycles. The van der Waals surface area contributed by atoms with E-state index in [1.807, 2.05) is 6.07 Å². The number of aromatic nitrogens is 3. The van der Waals surface area contributed by atoms with Crippen LogP contribution in [0.25, 0.3) is 94.4 Å². The fourth-order valence-corrected chi connectivity index (χ4v) is 9.15. The summed E-state index contributed by atoms with van der Waals surface area (Å²) in [6, 6.07) is 67.5. The molecule has 264 valence electrons. The molecule has 10 aromatic rings. The Bertz CT molecular complexity index is 3080. The SMILES string of the molecule is CC1(C)c2ccccc2-c2c(-c3ccc(-c4nc(-c5ccccc5)cc(-c5ccc(-n6c7ccccc7c7ccccc76)cc5)n4)cc3)cc3ccccc3c21. The molecule has 2 aromatic heterocycles. The summed E-state index contributed by atoms with van der Waals surface area (Å²) in [5.41, 5.74) is 16.2. The summed E-state index contributed by atoms with van der Waals surface area (Å²) in [4.78, 5) is 10.4. The van der Waals surface area contributed by atoms with E-state index in [9.17, 15) is 0 Å². The van der Waals surface area contributed by atoms with Crippen LogP contribution >= 0.6 is 0 Å². The minimum absolute atomic E-state index is 0.106. The van der Waals surface area contributed by atoms with Gasteiger partial charge in [0.25, 0.3) is 0 Å². The van der Waals surface area contributed by atoms with Gasteiger partial charge in [0.05, 0.1) is 22.4 Å². The molecule has 8 aromatic carbocycles. The van der Waals surface area contributed by atoms with Gasteiger partial charge in [-0.05, 0) is 80.6 Å². The molecule has 0 spiro atoms. The van der Waals surface area contributed by atoms with E-state index < -0.39 is 0 Å². The van der Waals surface area contributed by atoms with Crippen molar-refractivity contribution >= 4 is 32.6 Å². The highest BCUT2D eigenvalue weighted by atomic mass is 15.0. The van der Waals surface area contributed by atoms with Crippen LogP contribution in [0.4, 0.5) is 0 Å². The van der Waals surface area contributed by atoms with Crippen LogP contribution in [0.1, 0.15) is 25.0 Å². The molecule has 1 aliphatic carbocycles. The van der Waals surface area contributed by atoms with E-state index in [0.717, 1.165) is 33.8 Å². The van der Waals surface area contributed by atoms with Gasteiger partial charge in [0.1, 0.15) is 0 Å². The fraction of sp³-hybridized carbons (Fsp3) is 0.0566. The van der Waals surface area contributed by atoms with E-state index in [0.29, 0.717) is 5.82 Å². The molecule has 3 heteroatoms. The van der Waals surface area contributed by atoms with Crippen molar-refractivity contribution in [2.24, 2.45) is 0 Å². The van der Waals surface area contributed by atoms with Crippen LogP contribution in [0.15, 0.2) is 188 Å². The molecular formula is C53H37N3. The third-order valence-electron chi connectivity index (χ3n) is 11.8. The van der Waals surface area contributed by atoms with Gasteiger partial charge in [-0.2, -0.15) is 0 Å². The molecule has 0 unspecified atom stereocenters. The Labute approximate surface area is 326 Å². The van der Waals surface area contributed by atoms with Crippen molar-refractivity contribution in [1.82, 2.24) is 14.5 Å². The van der Waals surface area contributed by atoms with Gasteiger partial charge in [-0.3, -0.25) is 0 Å². The maximum absolute atomic E-state index is 5.22. The van der Waals surface area contributed by atoms with Gasteiger partial charge < -0.3 is 4.57 Å². The van der Waals surface area contributed by atoms with E-state index in [2.05, 4.69) is 200 Å². The first-order valence-corrected chi connectivity index (χ1v) is 19.3. The third-order valence-corrected chi connectivity index (χ3v) is 11.8. The Balaban J connectivity index is 1.02. The van der Waals surface area contributed by atoms with Crippen molar-refractivity contribution in [2.75, 3.05) is 0 Å². The predicted octanol–water partition coefficient (Wildman–Crippen LogP) is 13.7. The topological polar surface area (TPSA) is 30.7 Å². The van der Waals surface area contributed by atoms with Gasteiger partial charge in [0, 0.05) is 38.6 Å². The summed E-state index contributed by atoms with van der Waals surface area (Å²) in [7, 11) is 0. The molecule has 3 nitrogen and oxygen atoms in total. The molecule has 0 N–H and O–H groups in total. The van der Waals surface area contributed by atoms with Crippen molar-refractivity contribution in [3.8, 4) is 61.8 Å². The molecule has 0 saturated carbocycles. The molecule has 0 bridgehead atoms. The second-order valence-electron chi connectivity index (χ2n) is 15.4. The smallest absolute Gasteiger partial charge is 0.160 e. The lowest BCUT2D eigenvalue weighted by Crippen LogP contribution is -2.15. The number of para-hydroxylation sites is 2. The summed E-state index contributed by atoms with van der Waals surface area (Å²) in [5.74, 6) is 0.703. The number of hydrogen-bond donors (Lipinski definition) is 0. The number of benzene rings is 8. The lowest BCUT2D eigenvalue weighted by molar-refractivity contribution is 0.666. The van der Waals surface area contributed by atoms with Crippen LogP contribution in [-0.2, 0) is 5.41 Å². The Morgan fingerprint density at radius 1 is 0.429 bits per heavy atom. The zero-order valence-electron chi connectivity index (χ0n) is 31.2. The number of hydrogen-bond acceptors (Lipinski definition) is 2. The monoisotopic (exact) mass is 715 g/mol. The number of fused-ring (bicyclic) bond motifs is 8. The molecule has 11 rings (SSSR count). The van der Waals surface area contributed by atoms with Gasteiger partial charge in [-0.1, -0.05) is 166 Å². The van der Waals surface area contributed by atoms with Crippen LogP contribution < -0.4 is 0 Å². The Morgan fingerprint density at radius 3 is 1.66 bits per heavy atom. The minimum atomic E-state index is -0.106. The normalized spacial score (nSPS) is 13.0. The zero-order valence-corrected chi connectivity index (χ0v) is 31.2. The van der Waals surface area contributed by atoms with Crippen LogP contribution in [0.3, 0.4) is 0 Å². The van der Waals surface area contributed by atoms with Gasteiger partial charge in [0.15, 0.2) is 5.82 Å². The van der Waals surface area contributed by atoms with Gasteiger partial charge >= 0.3 is 0 Å². The predicted molar refractivity (Wildman–Crippen MR) is 233 cm³/mol. The Hall–Kier alpha value is -7.10. The van der Waals surface area contributed by atoms with Crippen molar-refractivity contribution < 1.29 is 0 Å². The quantitative estimate of drug-likeness (QED) is 0.178. The maximum atomic E-state index is 5.22. The third kappa shape index (κ3) is 4.98. The lowest BCUT2D eigenvalue weighted by Gasteiger charge is -2.24. The summed E-state index contributed by atoms with van der Waals surface area (Å²) < 4.78 is 2.35. The highest BCUT2D eigenvalue weighted by molar-refractivity contribution is 6.09. The number of rotatable bonds is 5. The number of nitrogens with zero attached hydrogens (tertiary/aromatic N) is 3. The molecule has 1 aliphatic rings. The van der Waals surface area contributed by atoms with E-state index in [1.165, 1.54) is 66.0 Å². The van der Waals surface area contributed by atoms with Crippen molar-refractivity contribution in [1.29, 1.82) is 0 Å². The molecule has 0 aliphatic heterocycles. The van der Waals surface area contributed by atoms with Gasteiger partial charge in [0.2, 0.25) is 0 Å². The summed E-state index contributed by atoms with van der Waals surface area (Å²) in [5, 5.41) is 5.10. The van der Waals surface area contributed by atoms with E-state index in [4.69, 9.17) is 9.97 Å². The van der Waals surface area contributed by atoms with E-state index in [-0.39, 0.29) is 5.41 Å². The average Bonchev–Trinajstić information content (AvgIpc) is 3.72. The second-order valence-corrected chi connectivity index (χ2v) is 15.4. The molecular weight excluding hydrogens is 679 g/mol. The van der Waals surface area contributed by atoms with Crippen LogP contribution in [0.5, 0.6) is 0 Å². The van der Waals surface area contributed by atoms with Crippen LogP contribution in [0, 0.1) is 0 Å². The summed E-state index contributed by atoms with van der Waals surface area (Å²) in [6.07, 6.45) is 0. The first kappa shape index (κ1) is 32.3. The first-order valence-electron chi connectivity index (χ1n) is 19.3. The van der Waals surface area contributed by atoms with Gasteiger partial charge in [-0.15, -0.1) is 0 Å². The van der Waals surface area contributed by atoms with Gasteiger partial charge in [-0.25, -0.2) is 9.97 Å². The fourth-order valence-electron chi connectivity index (χ4n) is 9.15. The molecule has 0 amide bonds. The molecule has 0 fully saturated rings. The lowest BCUT2D eigenvalue weighted by atomic mass is 9.79. The highest BCUT2D eigenvalue weighted by Crippen LogP contribution is 2.54. The van der Waals surface area contributed by atoms with Crippen LogP contribution in [0.2, 0.25) is 0 Å². The summed E-state index contributed by atoms with van der Waals surface area (Å²) >= 11 is 0. The Morgan fingerprint density at radius 2 is 0.964 bits per heavy atom. The highest BCUT2D eigenvalue weighted by Gasteiger charge is 2.38.